The van der Waals surface area contributed by atoms with E-state index in [4.69, 9.17) is 4.74 Å². The molecule has 6 rings (SSSR count). The lowest BCUT2D eigenvalue weighted by atomic mass is 9.96. The maximum Gasteiger partial charge on any atom is 0.108 e. The van der Waals surface area contributed by atoms with E-state index in [1.54, 1.807) is 11.3 Å². The molecule has 0 spiro atoms. The Balaban J connectivity index is 1.14. The van der Waals surface area contributed by atoms with Crippen molar-refractivity contribution in [2.75, 3.05) is 39.8 Å². The van der Waals surface area contributed by atoms with Gasteiger partial charge in [-0.15, -0.1) is 11.3 Å². The summed E-state index contributed by atoms with van der Waals surface area (Å²) in [5.41, 5.74) is 8.84. The van der Waals surface area contributed by atoms with E-state index < -0.39 is 0 Å². The summed E-state index contributed by atoms with van der Waals surface area (Å²) < 4.78 is 5.75. The molecule has 2 fully saturated rings. The Hall–Kier alpha value is -2.43. The molecular formula is C27H30N4OS. The first kappa shape index (κ1) is 21.1. The Bertz CT molecular complexity index is 1200. The first-order chi connectivity index (χ1) is 16.2. The zero-order valence-corrected chi connectivity index (χ0v) is 20.0. The molecule has 170 valence electrons. The summed E-state index contributed by atoms with van der Waals surface area (Å²) in [5, 5.41) is 10.2. The molecule has 1 aliphatic heterocycles. The van der Waals surface area contributed by atoms with E-state index in [0.717, 1.165) is 55.3 Å². The number of aromatic amines is 1. The average Bonchev–Trinajstić information content (AvgIpc) is 3.49. The predicted molar refractivity (Wildman–Crippen MR) is 133 cm³/mol. The second-order valence-corrected chi connectivity index (χ2v) is 10.5. The van der Waals surface area contributed by atoms with Crippen LogP contribution in [0.4, 0.5) is 0 Å². The highest BCUT2D eigenvalue weighted by atomic mass is 32.1. The minimum Gasteiger partial charge on any atom is -0.366 e. The lowest BCUT2D eigenvalue weighted by Gasteiger charge is -2.32. The van der Waals surface area contributed by atoms with Crippen molar-refractivity contribution in [3.63, 3.8) is 0 Å². The summed E-state index contributed by atoms with van der Waals surface area (Å²) >= 11 is 1.69. The third-order valence-corrected chi connectivity index (χ3v) is 8.05. The van der Waals surface area contributed by atoms with E-state index in [9.17, 15) is 0 Å². The Kier molecular flexibility index (Phi) is 5.81. The second-order valence-electron chi connectivity index (χ2n) is 9.54. The lowest BCUT2D eigenvalue weighted by Crippen LogP contribution is -2.43. The van der Waals surface area contributed by atoms with Crippen LogP contribution in [0.3, 0.4) is 0 Å². The van der Waals surface area contributed by atoms with Gasteiger partial charge in [0.05, 0.1) is 22.4 Å². The van der Waals surface area contributed by atoms with Crippen LogP contribution in [0.5, 0.6) is 0 Å². The zero-order valence-electron chi connectivity index (χ0n) is 19.2. The highest BCUT2D eigenvalue weighted by Gasteiger charge is 2.26. The minimum atomic E-state index is 0.438. The fraction of sp³-hybridized carbons (Fsp3) is 0.444. The molecule has 1 saturated heterocycles. The van der Waals surface area contributed by atoms with Gasteiger partial charge in [-0.25, -0.2) is 0 Å². The van der Waals surface area contributed by atoms with Gasteiger partial charge in [0, 0.05) is 61.2 Å². The van der Waals surface area contributed by atoms with Crippen LogP contribution in [0, 0.1) is 11.8 Å². The number of hydrogen-bond acceptors (Lipinski definition) is 5. The van der Waals surface area contributed by atoms with E-state index in [1.165, 1.54) is 47.2 Å². The van der Waals surface area contributed by atoms with Gasteiger partial charge in [0.15, 0.2) is 0 Å². The number of piperazine rings is 1. The molecule has 6 heteroatoms. The summed E-state index contributed by atoms with van der Waals surface area (Å²) in [6.07, 6.45) is 5.05. The Morgan fingerprint density at radius 1 is 1.18 bits per heavy atom. The molecule has 3 aliphatic rings. The molecule has 1 N–H and O–H groups in total. The summed E-state index contributed by atoms with van der Waals surface area (Å²) in [4.78, 5) is 6.04. The molecule has 0 unspecified atom stereocenters. The molecule has 33 heavy (non-hydrogen) atoms. The van der Waals surface area contributed by atoms with E-state index in [0.29, 0.717) is 12.7 Å². The Morgan fingerprint density at radius 3 is 2.88 bits per heavy atom. The molecule has 3 aromatic rings. The SMILES string of the molecule is CN1CCN(Cc2ccc3c(c2)Cc2c(-c4csc(C#CCOC5CCC5)c4)n[nH]c2-3)CC1. The normalized spacial score (nSPS) is 18.5. The van der Waals surface area contributed by atoms with Gasteiger partial charge in [0.2, 0.25) is 0 Å². The van der Waals surface area contributed by atoms with E-state index in [1.807, 2.05) is 0 Å². The topological polar surface area (TPSA) is 44.4 Å². The predicted octanol–water partition coefficient (Wildman–Crippen LogP) is 4.38. The number of rotatable bonds is 5. The first-order valence-corrected chi connectivity index (χ1v) is 12.9. The maximum absolute atomic E-state index is 5.75. The van der Waals surface area contributed by atoms with E-state index in [2.05, 4.69) is 68.5 Å². The van der Waals surface area contributed by atoms with Gasteiger partial charge in [-0.1, -0.05) is 30.0 Å². The molecule has 2 aliphatic carbocycles. The van der Waals surface area contributed by atoms with Crippen LogP contribution >= 0.6 is 11.3 Å². The molecule has 5 nitrogen and oxygen atoms in total. The fourth-order valence-corrected chi connectivity index (χ4v) is 5.69. The summed E-state index contributed by atoms with van der Waals surface area (Å²) in [5.74, 6) is 6.43. The van der Waals surface area contributed by atoms with Crippen molar-refractivity contribution in [3.8, 4) is 34.4 Å². The molecule has 2 aromatic heterocycles. The Labute approximate surface area is 199 Å². The lowest BCUT2D eigenvalue weighted by molar-refractivity contribution is 0.0217. The second kappa shape index (κ2) is 9.08. The maximum atomic E-state index is 5.75. The standard InChI is InChI=1S/C27H30N4OS/c1-30-9-11-31(12-10-30)17-19-7-8-24-20(14-19)16-25-26(28-29-27(24)25)21-15-23(33-18-21)6-3-13-32-22-4-2-5-22/h7-8,14-15,18,22H,2,4-5,9-13,16-17H2,1H3,(H,28,29). The number of hydrogen-bond donors (Lipinski definition) is 1. The Morgan fingerprint density at radius 2 is 2.06 bits per heavy atom. The van der Waals surface area contributed by atoms with Gasteiger partial charge in [0.1, 0.15) is 6.61 Å². The number of likely N-dealkylation sites (N-methyl/N-ethyl adjacent to an activating group) is 1. The van der Waals surface area contributed by atoms with Gasteiger partial charge in [-0.2, -0.15) is 5.10 Å². The third-order valence-electron chi connectivity index (χ3n) is 7.20. The fourth-order valence-electron chi connectivity index (χ4n) is 4.94. The van der Waals surface area contributed by atoms with Crippen molar-refractivity contribution in [1.82, 2.24) is 20.0 Å². The first-order valence-electron chi connectivity index (χ1n) is 12.0. The third kappa shape index (κ3) is 4.39. The largest absolute Gasteiger partial charge is 0.366 e. The number of benzene rings is 1. The van der Waals surface area contributed by atoms with Crippen molar-refractivity contribution in [1.29, 1.82) is 0 Å². The van der Waals surface area contributed by atoms with Crippen LogP contribution in [-0.4, -0.2) is 65.9 Å². The number of nitrogens with zero attached hydrogens (tertiary/aromatic N) is 3. The van der Waals surface area contributed by atoms with Crippen molar-refractivity contribution in [3.05, 3.63) is 51.2 Å². The van der Waals surface area contributed by atoms with Crippen molar-refractivity contribution in [2.24, 2.45) is 0 Å². The van der Waals surface area contributed by atoms with Crippen LogP contribution in [-0.2, 0) is 17.7 Å². The van der Waals surface area contributed by atoms with Gasteiger partial charge < -0.3 is 9.64 Å². The van der Waals surface area contributed by atoms with Crippen LogP contribution in [0.2, 0.25) is 0 Å². The van der Waals surface area contributed by atoms with Crippen LogP contribution < -0.4 is 0 Å². The van der Waals surface area contributed by atoms with Gasteiger partial charge >= 0.3 is 0 Å². The number of nitrogens with one attached hydrogen (secondary N) is 1. The monoisotopic (exact) mass is 458 g/mol. The van der Waals surface area contributed by atoms with Gasteiger partial charge in [0.25, 0.3) is 0 Å². The van der Waals surface area contributed by atoms with E-state index in [-0.39, 0.29) is 0 Å². The number of fused-ring (bicyclic) bond motifs is 3. The van der Waals surface area contributed by atoms with Crippen LogP contribution in [0.1, 0.15) is 40.8 Å². The van der Waals surface area contributed by atoms with Crippen LogP contribution in [0.15, 0.2) is 29.6 Å². The van der Waals surface area contributed by atoms with Gasteiger partial charge in [-0.05, 0) is 43.5 Å². The van der Waals surface area contributed by atoms with Crippen molar-refractivity contribution in [2.45, 2.75) is 38.3 Å². The van der Waals surface area contributed by atoms with Gasteiger partial charge in [-0.3, -0.25) is 10.00 Å². The van der Waals surface area contributed by atoms with E-state index >= 15 is 0 Å². The zero-order chi connectivity index (χ0) is 22.2. The molecule has 0 bridgehead atoms. The van der Waals surface area contributed by atoms with Crippen LogP contribution in [0.25, 0.3) is 22.5 Å². The number of thiophene rings is 1. The summed E-state index contributed by atoms with van der Waals surface area (Å²) in [6.45, 7) is 6.18. The minimum absolute atomic E-state index is 0.438. The summed E-state index contributed by atoms with van der Waals surface area (Å²) in [6, 6.07) is 9.13. The molecule has 1 aromatic carbocycles. The molecule has 0 atom stereocenters. The highest BCUT2D eigenvalue weighted by Crippen LogP contribution is 2.41. The van der Waals surface area contributed by atoms with Crippen molar-refractivity contribution >= 4 is 11.3 Å². The smallest absolute Gasteiger partial charge is 0.108 e. The summed E-state index contributed by atoms with van der Waals surface area (Å²) in [7, 11) is 2.21. The number of H-pyrrole nitrogens is 1. The quantitative estimate of drug-likeness (QED) is 0.451. The highest BCUT2D eigenvalue weighted by molar-refractivity contribution is 7.11. The number of ether oxygens (including phenoxy) is 1. The molecule has 3 heterocycles. The molecule has 0 amide bonds. The number of aromatic nitrogens is 2. The average molecular weight is 459 g/mol. The molecule has 1 saturated carbocycles. The molecular weight excluding hydrogens is 428 g/mol. The van der Waals surface area contributed by atoms with Crippen molar-refractivity contribution < 1.29 is 4.74 Å². The molecule has 0 radical (unpaired) electrons.